The lowest BCUT2D eigenvalue weighted by Crippen LogP contribution is -2.21. The van der Waals surface area contributed by atoms with Gasteiger partial charge in [0.25, 0.3) is 11.5 Å². The summed E-state index contributed by atoms with van der Waals surface area (Å²) < 4.78 is 12.8. The zero-order chi connectivity index (χ0) is 34.5. The number of anilines is 1. The number of benzene rings is 4. The fraction of sp³-hybridized carbons (Fsp3) is 0.222. The van der Waals surface area contributed by atoms with E-state index in [9.17, 15) is 19.7 Å². The Morgan fingerprint density at radius 3 is 2.50 bits per heavy atom. The molecule has 0 unspecified atom stereocenters. The van der Waals surface area contributed by atoms with E-state index in [1.807, 2.05) is 58.9 Å². The van der Waals surface area contributed by atoms with Crippen LogP contribution >= 0.6 is 11.6 Å². The molecule has 1 heterocycles. The third-order valence-corrected chi connectivity index (χ3v) is 7.75. The zero-order valence-electron chi connectivity index (χ0n) is 27.1. The minimum atomic E-state index is -0.664. The van der Waals surface area contributed by atoms with Crippen molar-refractivity contribution in [3.05, 3.63) is 121 Å². The number of nitro benzene ring substituents is 1. The van der Waals surface area contributed by atoms with E-state index in [0.29, 0.717) is 28.8 Å². The number of hydrogen-bond acceptors (Lipinski definition) is 8. The van der Waals surface area contributed by atoms with Crippen LogP contribution in [0.15, 0.2) is 82.7 Å². The van der Waals surface area contributed by atoms with Gasteiger partial charge in [-0.25, -0.2) is 4.98 Å². The number of rotatable bonds is 11. The molecule has 0 aliphatic carbocycles. The van der Waals surface area contributed by atoms with Gasteiger partial charge >= 0.3 is 5.69 Å². The number of fused-ring (bicyclic) bond motifs is 1. The molecule has 0 aliphatic rings. The summed E-state index contributed by atoms with van der Waals surface area (Å²) in [6.07, 6.45) is 1.24. The number of aryl methyl sites for hydroxylation is 2. The van der Waals surface area contributed by atoms with Crippen molar-refractivity contribution in [2.45, 2.75) is 40.5 Å². The number of amides is 1. The van der Waals surface area contributed by atoms with Gasteiger partial charge < -0.3 is 14.8 Å². The van der Waals surface area contributed by atoms with E-state index < -0.39 is 28.7 Å². The number of nitrogens with zero attached hydrogens (tertiary/aromatic N) is 4. The number of halogens is 1. The number of carbonyl (C=O) groups is 1. The van der Waals surface area contributed by atoms with E-state index in [1.165, 1.54) is 12.3 Å². The van der Waals surface area contributed by atoms with Gasteiger partial charge in [0.15, 0.2) is 12.4 Å². The maximum Gasteiger partial charge on any atom is 0.313 e. The summed E-state index contributed by atoms with van der Waals surface area (Å²) in [4.78, 5) is 42.9. The average molecular weight is 668 g/mol. The van der Waals surface area contributed by atoms with Crippen molar-refractivity contribution in [2.24, 2.45) is 5.10 Å². The minimum Gasteiger partial charge on any atom is -0.494 e. The van der Waals surface area contributed by atoms with Crippen LogP contribution in [0.1, 0.15) is 48.9 Å². The van der Waals surface area contributed by atoms with E-state index in [0.717, 1.165) is 33.2 Å². The Morgan fingerprint density at radius 1 is 1.08 bits per heavy atom. The zero-order valence-corrected chi connectivity index (χ0v) is 27.9. The number of hydrogen-bond donors (Lipinski definition) is 1. The maximum atomic E-state index is 13.9. The minimum absolute atomic E-state index is 0.0350. The van der Waals surface area contributed by atoms with Crippen LogP contribution in [-0.2, 0) is 4.79 Å². The van der Waals surface area contributed by atoms with Gasteiger partial charge in [0.2, 0.25) is 5.75 Å². The summed E-state index contributed by atoms with van der Waals surface area (Å²) in [5, 5.41) is 19.6. The highest BCUT2D eigenvalue weighted by atomic mass is 35.5. The smallest absolute Gasteiger partial charge is 0.313 e. The van der Waals surface area contributed by atoms with Crippen LogP contribution < -0.4 is 20.3 Å². The number of carbonyl (C=O) groups excluding carboxylic acids is 1. The van der Waals surface area contributed by atoms with Gasteiger partial charge in [-0.1, -0.05) is 55.3 Å². The van der Waals surface area contributed by atoms with Gasteiger partial charge in [-0.3, -0.25) is 19.7 Å². The van der Waals surface area contributed by atoms with E-state index in [2.05, 4.69) is 10.4 Å². The molecule has 0 saturated carbocycles. The Balaban J connectivity index is 1.61. The van der Waals surface area contributed by atoms with Gasteiger partial charge in [0.1, 0.15) is 5.75 Å². The summed E-state index contributed by atoms with van der Waals surface area (Å²) in [5.41, 5.74) is 3.58. The first-order valence-electron chi connectivity index (χ1n) is 15.3. The van der Waals surface area contributed by atoms with Crippen molar-refractivity contribution in [1.82, 2.24) is 9.66 Å². The lowest BCUT2D eigenvalue weighted by Gasteiger charge is -2.18. The lowest BCUT2D eigenvalue weighted by molar-refractivity contribution is -0.385. The van der Waals surface area contributed by atoms with Crippen LogP contribution in [0.5, 0.6) is 11.5 Å². The molecule has 0 radical (unpaired) electrons. The molecule has 1 aromatic heterocycles. The Kier molecular flexibility index (Phi) is 10.2. The van der Waals surface area contributed by atoms with Crippen LogP contribution in [0.4, 0.5) is 11.4 Å². The maximum absolute atomic E-state index is 13.9. The van der Waals surface area contributed by atoms with E-state index >= 15 is 0 Å². The van der Waals surface area contributed by atoms with Gasteiger partial charge in [-0.15, -0.1) is 0 Å². The topological polar surface area (TPSA) is 138 Å². The highest BCUT2D eigenvalue weighted by molar-refractivity contribution is 6.31. The molecular formula is C36H34ClN5O6. The lowest BCUT2D eigenvalue weighted by atomic mass is 9.96. The molecule has 0 aliphatic heterocycles. The Morgan fingerprint density at radius 2 is 1.81 bits per heavy atom. The van der Waals surface area contributed by atoms with E-state index in [4.69, 9.17) is 26.1 Å². The summed E-state index contributed by atoms with van der Waals surface area (Å²) in [6.45, 7) is 9.78. The van der Waals surface area contributed by atoms with Crippen LogP contribution in [-0.4, -0.2) is 39.9 Å². The first-order valence-corrected chi connectivity index (χ1v) is 15.7. The molecule has 0 saturated heterocycles. The molecule has 48 heavy (non-hydrogen) atoms. The van der Waals surface area contributed by atoms with Crippen molar-refractivity contribution < 1.29 is 19.2 Å². The second-order valence-electron chi connectivity index (χ2n) is 11.4. The molecule has 11 nitrogen and oxygen atoms in total. The molecule has 1 amide bonds. The molecule has 5 rings (SSSR count). The van der Waals surface area contributed by atoms with Gasteiger partial charge in [0, 0.05) is 27.9 Å². The highest BCUT2D eigenvalue weighted by Gasteiger charge is 2.23. The number of nitrogens with one attached hydrogen (secondary N) is 1. The molecule has 1 N–H and O–H groups in total. The fourth-order valence-electron chi connectivity index (χ4n) is 5.16. The normalized spacial score (nSPS) is 11.3. The van der Waals surface area contributed by atoms with Crippen molar-refractivity contribution >= 4 is 46.0 Å². The molecule has 12 heteroatoms. The quantitative estimate of drug-likeness (QED) is 0.0867. The third kappa shape index (κ3) is 7.37. The van der Waals surface area contributed by atoms with E-state index in [1.54, 1.807) is 36.4 Å². The Labute approximate surface area is 282 Å². The van der Waals surface area contributed by atoms with Crippen LogP contribution in [0.2, 0.25) is 5.02 Å². The average Bonchev–Trinajstić information content (AvgIpc) is 3.04. The predicted molar refractivity (Wildman–Crippen MR) is 188 cm³/mol. The molecule has 5 aromatic rings. The summed E-state index contributed by atoms with van der Waals surface area (Å²) in [7, 11) is 0. The van der Waals surface area contributed by atoms with Crippen LogP contribution in [0, 0.1) is 24.0 Å². The number of aromatic nitrogens is 2. The van der Waals surface area contributed by atoms with Crippen molar-refractivity contribution in [1.29, 1.82) is 0 Å². The Hall–Kier alpha value is -5.55. The molecule has 0 fully saturated rings. The van der Waals surface area contributed by atoms with Crippen molar-refractivity contribution in [2.75, 3.05) is 18.5 Å². The van der Waals surface area contributed by atoms with Gasteiger partial charge in [-0.05, 0) is 80.3 Å². The van der Waals surface area contributed by atoms with Gasteiger partial charge in [-0.2, -0.15) is 9.78 Å². The Bertz CT molecular complexity index is 2110. The third-order valence-electron chi connectivity index (χ3n) is 7.53. The highest BCUT2D eigenvalue weighted by Crippen LogP contribution is 2.36. The van der Waals surface area contributed by atoms with Crippen LogP contribution in [0.3, 0.4) is 0 Å². The van der Waals surface area contributed by atoms with Crippen molar-refractivity contribution in [3.8, 4) is 22.9 Å². The molecule has 0 bridgehead atoms. The summed E-state index contributed by atoms with van der Waals surface area (Å²) in [5.74, 6) is 0.329. The number of nitro groups is 1. The summed E-state index contributed by atoms with van der Waals surface area (Å²) in [6, 6.07) is 20.4. The molecular weight excluding hydrogens is 634 g/mol. The summed E-state index contributed by atoms with van der Waals surface area (Å²) >= 11 is 6.28. The molecule has 0 spiro atoms. The largest absolute Gasteiger partial charge is 0.494 e. The molecule has 4 aromatic carbocycles. The second-order valence-corrected chi connectivity index (χ2v) is 11.8. The van der Waals surface area contributed by atoms with Crippen molar-refractivity contribution in [3.63, 3.8) is 0 Å². The van der Waals surface area contributed by atoms with Gasteiger partial charge in [0.05, 0.1) is 28.6 Å². The monoisotopic (exact) mass is 667 g/mol. The first-order chi connectivity index (χ1) is 23.0. The fourth-order valence-corrected chi connectivity index (χ4v) is 5.38. The SMILES string of the molecule is CCOc1cc(C)c(-c2nc3ccccc3c(=O)n2N=Cc2cc(Cl)cc([N+](=O)[O-])c2OCC(=O)Nc2ccc(C)cc2)cc1C(C)C. The standard InChI is InChI=1S/C36H34ClN5O6/c1-6-47-32-15-23(5)29(18-28(32)21(2)3)35-40-30-10-8-7-9-27(30)36(44)41(35)38-19-24-16-25(37)17-31(42(45)46)34(24)48-20-33(43)39-26-13-11-22(4)12-14-26/h7-19,21H,6,20H2,1-5H3,(H,39,43). The van der Waals surface area contributed by atoms with E-state index in [-0.39, 0.29) is 28.1 Å². The number of ether oxygens (including phenoxy) is 2. The van der Waals surface area contributed by atoms with Crippen LogP contribution in [0.25, 0.3) is 22.3 Å². The number of para-hydroxylation sites is 1. The molecule has 246 valence electrons. The first kappa shape index (κ1) is 33.8. The predicted octanol–water partition coefficient (Wildman–Crippen LogP) is 7.66. The molecule has 0 atom stereocenters. The second kappa shape index (κ2) is 14.5.